The molecule has 0 aliphatic heterocycles. The van der Waals surface area contributed by atoms with Gasteiger partial charge in [0.05, 0.1) is 6.20 Å². The van der Waals surface area contributed by atoms with Gasteiger partial charge in [-0.15, -0.1) is 5.10 Å². The molecule has 100 valence electrons. The smallest absolute Gasteiger partial charge is 0.176 e. The summed E-state index contributed by atoms with van der Waals surface area (Å²) >= 11 is 0. The molecule has 0 saturated heterocycles. The molecule has 0 spiro atoms. The normalized spacial score (nSPS) is 12.1. The van der Waals surface area contributed by atoms with Crippen LogP contribution < -0.4 is 5.43 Å². The predicted octanol–water partition coefficient (Wildman–Crippen LogP) is 3.85. The molecule has 1 aromatic carbocycles. The molecule has 0 bridgehead atoms. The zero-order valence-corrected chi connectivity index (χ0v) is 11.7. The molecule has 0 amide bonds. The van der Waals surface area contributed by atoms with Gasteiger partial charge in [-0.25, -0.2) is 0 Å². The zero-order valence-electron chi connectivity index (χ0n) is 11.7. The number of rotatable bonds is 5. The summed E-state index contributed by atoms with van der Waals surface area (Å²) in [5.41, 5.74) is 4.11. The van der Waals surface area contributed by atoms with Crippen LogP contribution in [-0.2, 0) is 0 Å². The minimum absolute atomic E-state index is 0.697. The highest BCUT2D eigenvalue weighted by Gasteiger charge is 2.02. The number of hydrogen-bond acceptors (Lipinski definition) is 4. The van der Waals surface area contributed by atoms with Crippen LogP contribution in [0.15, 0.2) is 35.6 Å². The summed E-state index contributed by atoms with van der Waals surface area (Å²) in [6.45, 7) is 6.47. The number of benzene rings is 1. The molecular formula is C15H20N4. The fraction of sp³-hybridized carbons (Fsp3) is 0.400. The molecule has 19 heavy (non-hydrogen) atoms. The first-order valence-corrected chi connectivity index (χ1v) is 6.66. The first-order valence-electron chi connectivity index (χ1n) is 6.66. The van der Waals surface area contributed by atoms with E-state index in [1.165, 1.54) is 0 Å². The van der Waals surface area contributed by atoms with Crippen molar-refractivity contribution in [2.45, 2.75) is 33.6 Å². The minimum atomic E-state index is 0.697. The summed E-state index contributed by atoms with van der Waals surface area (Å²) in [6.07, 6.45) is 3.91. The maximum Gasteiger partial charge on any atom is 0.176 e. The number of aromatic nitrogens is 2. The first kappa shape index (κ1) is 13.5. The molecule has 0 saturated carbocycles. The van der Waals surface area contributed by atoms with Crippen molar-refractivity contribution in [1.82, 2.24) is 10.2 Å². The second-order valence-electron chi connectivity index (χ2n) is 5.17. The number of nitrogens with zero attached hydrogens (tertiary/aromatic N) is 3. The van der Waals surface area contributed by atoms with Crippen LogP contribution in [0.5, 0.6) is 0 Å². The molecule has 4 heteroatoms. The number of nitrogens with one attached hydrogen (secondary N) is 1. The SMILES string of the molecule is C/C(CCC(C)C)=N\Nc1nncc2ccccc12. The molecule has 0 unspecified atom stereocenters. The Kier molecular flexibility index (Phi) is 4.44. The van der Waals surface area contributed by atoms with Crippen LogP contribution in [0.1, 0.15) is 33.6 Å². The molecule has 1 aromatic heterocycles. The molecule has 0 aliphatic carbocycles. The molecular weight excluding hydrogens is 236 g/mol. The summed E-state index contributed by atoms with van der Waals surface area (Å²) < 4.78 is 0. The Morgan fingerprint density at radius 3 is 2.89 bits per heavy atom. The van der Waals surface area contributed by atoms with Crippen molar-refractivity contribution < 1.29 is 0 Å². The number of fused-ring (bicyclic) bond motifs is 1. The lowest BCUT2D eigenvalue weighted by Gasteiger charge is -2.06. The average Bonchev–Trinajstić information content (AvgIpc) is 2.42. The number of anilines is 1. The lowest BCUT2D eigenvalue weighted by atomic mass is 10.1. The fourth-order valence-electron chi connectivity index (χ4n) is 1.81. The van der Waals surface area contributed by atoms with Crippen LogP contribution >= 0.6 is 0 Å². The molecule has 1 heterocycles. The monoisotopic (exact) mass is 256 g/mol. The van der Waals surface area contributed by atoms with Crippen molar-refractivity contribution in [3.63, 3.8) is 0 Å². The van der Waals surface area contributed by atoms with Gasteiger partial charge in [-0.2, -0.15) is 10.2 Å². The quantitative estimate of drug-likeness (QED) is 0.653. The fourth-order valence-corrected chi connectivity index (χ4v) is 1.81. The van der Waals surface area contributed by atoms with Crippen LogP contribution in [0, 0.1) is 5.92 Å². The van der Waals surface area contributed by atoms with Crippen LogP contribution in [0.4, 0.5) is 5.82 Å². The van der Waals surface area contributed by atoms with Gasteiger partial charge in [0, 0.05) is 16.5 Å². The third-order valence-corrected chi connectivity index (χ3v) is 3.01. The Morgan fingerprint density at radius 1 is 1.32 bits per heavy atom. The summed E-state index contributed by atoms with van der Waals surface area (Å²) in [7, 11) is 0. The molecule has 1 N–H and O–H groups in total. The van der Waals surface area contributed by atoms with Gasteiger partial charge in [-0.05, 0) is 25.7 Å². The van der Waals surface area contributed by atoms with E-state index in [9.17, 15) is 0 Å². The van der Waals surface area contributed by atoms with Crippen molar-refractivity contribution in [2.24, 2.45) is 11.0 Å². The highest BCUT2D eigenvalue weighted by molar-refractivity contribution is 5.91. The van der Waals surface area contributed by atoms with Crippen molar-refractivity contribution in [1.29, 1.82) is 0 Å². The third kappa shape index (κ3) is 3.74. The van der Waals surface area contributed by atoms with Crippen LogP contribution in [-0.4, -0.2) is 15.9 Å². The highest BCUT2D eigenvalue weighted by Crippen LogP contribution is 2.19. The van der Waals surface area contributed by atoms with Crippen molar-refractivity contribution in [3.8, 4) is 0 Å². The van der Waals surface area contributed by atoms with Crippen molar-refractivity contribution >= 4 is 22.3 Å². The van der Waals surface area contributed by atoms with Crippen LogP contribution in [0.25, 0.3) is 10.8 Å². The Balaban J connectivity index is 2.11. The van der Waals surface area contributed by atoms with E-state index in [4.69, 9.17) is 0 Å². The molecule has 2 aromatic rings. The second kappa shape index (κ2) is 6.27. The molecule has 2 rings (SSSR count). The Hall–Kier alpha value is -1.97. The second-order valence-corrected chi connectivity index (χ2v) is 5.17. The summed E-state index contributed by atoms with van der Waals surface area (Å²) in [5.74, 6) is 1.41. The minimum Gasteiger partial charge on any atom is -0.259 e. The Morgan fingerprint density at radius 2 is 2.11 bits per heavy atom. The molecule has 0 atom stereocenters. The Labute approximate surface area is 113 Å². The maximum absolute atomic E-state index is 4.38. The van der Waals surface area contributed by atoms with E-state index in [2.05, 4.69) is 34.6 Å². The van der Waals surface area contributed by atoms with E-state index in [1.54, 1.807) is 6.20 Å². The molecule has 0 radical (unpaired) electrons. The highest BCUT2D eigenvalue weighted by atomic mass is 15.3. The lowest BCUT2D eigenvalue weighted by molar-refractivity contribution is 0.602. The topological polar surface area (TPSA) is 50.2 Å². The van der Waals surface area contributed by atoms with Gasteiger partial charge in [0.25, 0.3) is 0 Å². The van der Waals surface area contributed by atoms with Gasteiger partial charge in [0.15, 0.2) is 5.82 Å². The van der Waals surface area contributed by atoms with Crippen LogP contribution in [0.3, 0.4) is 0 Å². The van der Waals surface area contributed by atoms with E-state index in [1.807, 2.05) is 31.2 Å². The van der Waals surface area contributed by atoms with Crippen LogP contribution in [0.2, 0.25) is 0 Å². The lowest BCUT2D eigenvalue weighted by Crippen LogP contribution is -2.02. The van der Waals surface area contributed by atoms with Gasteiger partial charge in [-0.3, -0.25) is 5.43 Å². The Bertz CT molecular complexity index is 570. The van der Waals surface area contributed by atoms with Gasteiger partial charge < -0.3 is 0 Å². The third-order valence-electron chi connectivity index (χ3n) is 3.01. The summed E-state index contributed by atoms with van der Waals surface area (Å²) in [5, 5.41) is 14.6. The predicted molar refractivity (Wildman–Crippen MR) is 80.3 cm³/mol. The van der Waals surface area contributed by atoms with Gasteiger partial charge in [0.1, 0.15) is 0 Å². The zero-order chi connectivity index (χ0) is 13.7. The standard InChI is InChI=1S/C15H20N4/c1-11(2)8-9-12(3)17-19-15-14-7-5-4-6-13(14)10-16-18-15/h4-7,10-11H,8-9H2,1-3H3,(H,18,19)/b17-12+. The number of hydrazone groups is 1. The first-order chi connectivity index (χ1) is 9.16. The summed E-state index contributed by atoms with van der Waals surface area (Å²) in [4.78, 5) is 0. The van der Waals surface area contributed by atoms with E-state index in [0.29, 0.717) is 11.7 Å². The maximum atomic E-state index is 4.38. The van der Waals surface area contributed by atoms with Gasteiger partial charge in [-0.1, -0.05) is 38.1 Å². The van der Waals surface area contributed by atoms with E-state index >= 15 is 0 Å². The van der Waals surface area contributed by atoms with Gasteiger partial charge in [0.2, 0.25) is 0 Å². The van der Waals surface area contributed by atoms with E-state index in [0.717, 1.165) is 29.3 Å². The molecule has 0 fully saturated rings. The largest absolute Gasteiger partial charge is 0.259 e. The van der Waals surface area contributed by atoms with E-state index in [-0.39, 0.29) is 0 Å². The molecule has 0 aliphatic rings. The van der Waals surface area contributed by atoms with Gasteiger partial charge >= 0.3 is 0 Å². The van der Waals surface area contributed by atoms with E-state index < -0.39 is 0 Å². The summed E-state index contributed by atoms with van der Waals surface area (Å²) in [6, 6.07) is 8.02. The number of hydrogen-bond donors (Lipinski definition) is 1. The van der Waals surface area contributed by atoms with Crippen molar-refractivity contribution in [3.05, 3.63) is 30.5 Å². The average molecular weight is 256 g/mol. The van der Waals surface area contributed by atoms with Crippen molar-refractivity contribution in [2.75, 3.05) is 5.43 Å². The molecule has 4 nitrogen and oxygen atoms in total.